The van der Waals surface area contributed by atoms with Crippen molar-refractivity contribution >= 4 is 5.91 Å². The molecule has 110 valence electrons. The maximum absolute atomic E-state index is 12.4. The summed E-state index contributed by atoms with van der Waals surface area (Å²) in [6, 6.07) is 3.95. The zero-order chi connectivity index (χ0) is 14.4. The molecule has 1 saturated heterocycles. The van der Waals surface area contributed by atoms with Crippen molar-refractivity contribution in [3.63, 3.8) is 0 Å². The number of aromatic nitrogens is 1. The average molecular weight is 277 g/mol. The molecule has 5 heteroatoms. The van der Waals surface area contributed by atoms with Gasteiger partial charge in [-0.15, -0.1) is 0 Å². The number of pyridine rings is 1. The molecule has 0 aromatic carbocycles. The summed E-state index contributed by atoms with van der Waals surface area (Å²) in [7, 11) is 0. The van der Waals surface area contributed by atoms with Crippen molar-refractivity contribution in [2.45, 2.75) is 32.4 Å². The van der Waals surface area contributed by atoms with Crippen LogP contribution in [0.4, 0.5) is 0 Å². The van der Waals surface area contributed by atoms with E-state index >= 15 is 0 Å². The van der Waals surface area contributed by atoms with E-state index in [0.717, 1.165) is 18.5 Å². The molecular weight excluding hydrogens is 254 g/mol. The van der Waals surface area contributed by atoms with Crippen LogP contribution in [0.5, 0.6) is 0 Å². The molecule has 0 aliphatic carbocycles. The largest absolute Gasteiger partial charge is 0.379 e. The highest BCUT2D eigenvalue weighted by molar-refractivity contribution is 5.80. The predicted molar refractivity (Wildman–Crippen MR) is 77.2 cm³/mol. The average Bonchev–Trinajstić information content (AvgIpc) is 2.94. The smallest absolute Gasteiger partial charge is 0.227 e. The van der Waals surface area contributed by atoms with Gasteiger partial charge in [-0.05, 0) is 37.6 Å². The van der Waals surface area contributed by atoms with Crippen LogP contribution in [0, 0.1) is 5.92 Å². The zero-order valence-electron chi connectivity index (χ0n) is 12.1. The van der Waals surface area contributed by atoms with Crippen molar-refractivity contribution < 1.29 is 9.53 Å². The number of hydrogen-bond donors (Lipinski definition) is 2. The van der Waals surface area contributed by atoms with Gasteiger partial charge in [-0.1, -0.05) is 6.92 Å². The Kier molecular flexibility index (Phi) is 5.49. The van der Waals surface area contributed by atoms with Gasteiger partial charge in [-0.25, -0.2) is 0 Å². The lowest BCUT2D eigenvalue weighted by atomic mass is 10.0. The molecule has 0 bridgehead atoms. The molecule has 1 aromatic heterocycles. The summed E-state index contributed by atoms with van der Waals surface area (Å²) in [5.74, 6) is -0.0498. The van der Waals surface area contributed by atoms with Crippen LogP contribution < -0.4 is 10.6 Å². The minimum atomic E-state index is -0.106. The molecule has 2 rings (SSSR count). The second kappa shape index (κ2) is 7.36. The molecule has 3 atom stereocenters. The summed E-state index contributed by atoms with van der Waals surface area (Å²) in [4.78, 5) is 16.3. The fourth-order valence-electron chi connectivity index (χ4n) is 2.40. The van der Waals surface area contributed by atoms with Gasteiger partial charge in [0.1, 0.15) is 0 Å². The Morgan fingerprint density at radius 3 is 2.90 bits per heavy atom. The fourth-order valence-corrected chi connectivity index (χ4v) is 2.40. The van der Waals surface area contributed by atoms with Crippen molar-refractivity contribution in [2.75, 3.05) is 19.8 Å². The Morgan fingerprint density at radius 2 is 2.20 bits per heavy atom. The first-order chi connectivity index (χ1) is 9.72. The molecule has 2 N–H and O–H groups in total. The van der Waals surface area contributed by atoms with E-state index < -0.39 is 0 Å². The summed E-state index contributed by atoms with van der Waals surface area (Å²) < 4.78 is 5.44. The number of amides is 1. The standard InChI is InChI=1S/C15H23N3O2/c1-3-6-17-14-10-20-9-13(14)15(19)18-11(2)12-4-7-16-8-5-12/h4-5,7-8,11,13-14,17H,3,6,9-10H2,1-2H3,(H,18,19)/t11-,13?,14?/m0/s1. The number of carbonyl (C=O) groups excluding carboxylic acids is 1. The molecule has 0 spiro atoms. The predicted octanol–water partition coefficient (Wildman–Crippen LogP) is 1.27. The van der Waals surface area contributed by atoms with Crippen LogP contribution >= 0.6 is 0 Å². The van der Waals surface area contributed by atoms with Gasteiger partial charge < -0.3 is 15.4 Å². The number of nitrogens with zero attached hydrogens (tertiary/aromatic N) is 1. The number of ether oxygens (including phenoxy) is 1. The molecule has 0 radical (unpaired) electrons. The molecule has 5 nitrogen and oxygen atoms in total. The van der Waals surface area contributed by atoms with Crippen molar-refractivity contribution in [1.82, 2.24) is 15.6 Å². The summed E-state index contributed by atoms with van der Waals surface area (Å²) in [6.07, 6.45) is 4.53. The van der Waals surface area contributed by atoms with Gasteiger partial charge in [0.05, 0.1) is 25.2 Å². The zero-order valence-corrected chi connectivity index (χ0v) is 12.1. The third-order valence-corrected chi connectivity index (χ3v) is 3.64. The minimum Gasteiger partial charge on any atom is -0.379 e. The van der Waals surface area contributed by atoms with E-state index in [1.54, 1.807) is 12.4 Å². The second-order valence-corrected chi connectivity index (χ2v) is 5.22. The lowest BCUT2D eigenvalue weighted by Crippen LogP contribution is -2.44. The molecule has 2 heterocycles. The molecule has 1 aromatic rings. The first-order valence-corrected chi connectivity index (χ1v) is 7.23. The highest BCUT2D eigenvalue weighted by atomic mass is 16.5. The monoisotopic (exact) mass is 277 g/mol. The number of rotatable bonds is 6. The SMILES string of the molecule is CCCNC1COCC1C(=O)N[C@@H](C)c1ccncc1. The molecule has 1 aliphatic heterocycles. The summed E-state index contributed by atoms with van der Waals surface area (Å²) >= 11 is 0. The maximum atomic E-state index is 12.4. The fraction of sp³-hybridized carbons (Fsp3) is 0.600. The van der Waals surface area contributed by atoms with Crippen LogP contribution in [-0.4, -0.2) is 36.7 Å². The number of nitrogens with one attached hydrogen (secondary N) is 2. The van der Waals surface area contributed by atoms with Crippen LogP contribution in [0.2, 0.25) is 0 Å². The van der Waals surface area contributed by atoms with Crippen molar-refractivity contribution in [3.05, 3.63) is 30.1 Å². The lowest BCUT2D eigenvalue weighted by molar-refractivity contribution is -0.126. The Bertz CT molecular complexity index is 424. The number of hydrogen-bond acceptors (Lipinski definition) is 4. The van der Waals surface area contributed by atoms with Gasteiger partial charge in [0, 0.05) is 18.4 Å². The molecule has 1 fully saturated rings. The van der Waals surface area contributed by atoms with Crippen molar-refractivity contribution in [3.8, 4) is 0 Å². The molecule has 20 heavy (non-hydrogen) atoms. The number of carbonyl (C=O) groups is 1. The van der Waals surface area contributed by atoms with Gasteiger partial charge in [0.2, 0.25) is 5.91 Å². The molecule has 2 unspecified atom stereocenters. The van der Waals surface area contributed by atoms with Crippen LogP contribution in [-0.2, 0) is 9.53 Å². The summed E-state index contributed by atoms with van der Waals surface area (Å²) in [6.45, 7) is 6.12. The third kappa shape index (κ3) is 3.77. The molecular formula is C15H23N3O2. The normalized spacial score (nSPS) is 23.5. The lowest BCUT2D eigenvalue weighted by Gasteiger charge is -2.21. The van der Waals surface area contributed by atoms with Crippen molar-refractivity contribution in [2.24, 2.45) is 5.92 Å². The van der Waals surface area contributed by atoms with Crippen LogP contribution in [0.15, 0.2) is 24.5 Å². The Morgan fingerprint density at radius 1 is 1.45 bits per heavy atom. The van der Waals surface area contributed by atoms with Gasteiger partial charge in [-0.2, -0.15) is 0 Å². The molecule has 1 aliphatic rings. The van der Waals surface area contributed by atoms with E-state index in [-0.39, 0.29) is 23.9 Å². The third-order valence-electron chi connectivity index (χ3n) is 3.64. The Hall–Kier alpha value is -1.46. The topological polar surface area (TPSA) is 63.2 Å². The first kappa shape index (κ1) is 14.9. The second-order valence-electron chi connectivity index (χ2n) is 5.22. The van der Waals surface area contributed by atoms with Crippen LogP contribution in [0.3, 0.4) is 0 Å². The molecule has 1 amide bonds. The maximum Gasteiger partial charge on any atom is 0.227 e. The van der Waals surface area contributed by atoms with Crippen LogP contribution in [0.25, 0.3) is 0 Å². The quantitative estimate of drug-likeness (QED) is 0.822. The van der Waals surface area contributed by atoms with Crippen LogP contribution in [0.1, 0.15) is 31.9 Å². The van der Waals surface area contributed by atoms with Crippen molar-refractivity contribution in [1.29, 1.82) is 0 Å². The Labute approximate surface area is 120 Å². The van der Waals surface area contributed by atoms with E-state index in [9.17, 15) is 4.79 Å². The van der Waals surface area contributed by atoms with Gasteiger partial charge in [0.25, 0.3) is 0 Å². The van der Waals surface area contributed by atoms with Gasteiger partial charge >= 0.3 is 0 Å². The minimum absolute atomic E-state index is 0.0158. The first-order valence-electron chi connectivity index (χ1n) is 7.23. The van der Waals surface area contributed by atoms with E-state index in [2.05, 4.69) is 22.5 Å². The van der Waals surface area contributed by atoms with Gasteiger partial charge in [-0.3, -0.25) is 9.78 Å². The highest BCUT2D eigenvalue weighted by Gasteiger charge is 2.34. The summed E-state index contributed by atoms with van der Waals surface area (Å²) in [5.41, 5.74) is 1.06. The molecule has 0 saturated carbocycles. The van der Waals surface area contributed by atoms with E-state index in [0.29, 0.717) is 13.2 Å². The Balaban J connectivity index is 1.90. The highest BCUT2D eigenvalue weighted by Crippen LogP contribution is 2.17. The van der Waals surface area contributed by atoms with E-state index in [4.69, 9.17) is 4.74 Å². The van der Waals surface area contributed by atoms with E-state index in [1.165, 1.54) is 0 Å². The van der Waals surface area contributed by atoms with E-state index in [1.807, 2.05) is 19.1 Å². The summed E-state index contributed by atoms with van der Waals surface area (Å²) in [5, 5.41) is 6.44. The van der Waals surface area contributed by atoms with Gasteiger partial charge in [0.15, 0.2) is 0 Å².